The lowest BCUT2D eigenvalue weighted by Crippen LogP contribution is -2.37. The third kappa shape index (κ3) is 2.81. The molecule has 1 fully saturated rings. The maximum atomic E-state index is 13.1. The minimum Gasteiger partial charge on any atom is -0.366 e. The predicted molar refractivity (Wildman–Crippen MR) is 97.9 cm³/mol. The van der Waals surface area contributed by atoms with Crippen LogP contribution in [-0.2, 0) is 11.2 Å². The highest BCUT2D eigenvalue weighted by Crippen LogP contribution is 2.51. The van der Waals surface area contributed by atoms with Gasteiger partial charge >= 0.3 is 0 Å². The number of carbonyl (C=O) groups excluding carboxylic acids is 2. The van der Waals surface area contributed by atoms with E-state index in [1.807, 2.05) is 35.2 Å². The number of fused-ring (bicyclic) bond motifs is 1. The summed E-state index contributed by atoms with van der Waals surface area (Å²) in [6.07, 6.45) is 2.44. The van der Waals surface area contributed by atoms with Crippen molar-refractivity contribution in [3.8, 4) is 0 Å². The minimum atomic E-state index is -0.438. The van der Waals surface area contributed by atoms with Gasteiger partial charge in [-0.05, 0) is 54.5 Å². The van der Waals surface area contributed by atoms with Crippen LogP contribution in [0.25, 0.3) is 0 Å². The number of amides is 2. The second-order valence-electron chi connectivity index (χ2n) is 6.73. The summed E-state index contributed by atoms with van der Waals surface area (Å²) in [6, 6.07) is 13.2. The monoisotopic (exact) mass is 354 g/mol. The number of rotatable bonds is 3. The number of primary amides is 1. The molecule has 25 heavy (non-hydrogen) atoms. The molecule has 4 rings (SSSR count). The Hall–Kier alpha value is -2.33. The van der Waals surface area contributed by atoms with E-state index in [1.54, 1.807) is 12.1 Å². The van der Waals surface area contributed by atoms with Crippen LogP contribution in [0.2, 0.25) is 5.02 Å². The van der Waals surface area contributed by atoms with Crippen LogP contribution in [0.15, 0.2) is 42.5 Å². The molecule has 5 heteroatoms. The van der Waals surface area contributed by atoms with Crippen molar-refractivity contribution in [3.63, 3.8) is 0 Å². The van der Waals surface area contributed by atoms with Crippen molar-refractivity contribution in [1.82, 2.24) is 0 Å². The third-order valence-corrected chi connectivity index (χ3v) is 5.54. The van der Waals surface area contributed by atoms with Crippen molar-refractivity contribution in [1.29, 1.82) is 0 Å². The molecule has 1 heterocycles. The normalized spacial score (nSPS) is 21.6. The van der Waals surface area contributed by atoms with Crippen LogP contribution in [0.4, 0.5) is 5.69 Å². The molecule has 1 saturated carbocycles. The Balaban J connectivity index is 1.61. The Morgan fingerprint density at radius 1 is 1.12 bits per heavy atom. The highest BCUT2D eigenvalue weighted by Gasteiger charge is 2.47. The summed E-state index contributed by atoms with van der Waals surface area (Å²) in [5, 5.41) is 0.720. The molecular formula is C20H19ClN2O2. The summed E-state index contributed by atoms with van der Waals surface area (Å²) in [6.45, 7) is 0.680. The van der Waals surface area contributed by atoms with E-state index in [0.29, 0.717) is 12.1 Å². The Kier molecular flexibility index (Phi) is 4.00. The van der Waals surface area contributed by atoms with Crippen molar-refractivity contribution in [2.24, 2.45) is 11.7 Å². The van der Waals surface area contributed by atoms with Crippen molar-refractivity contribution < 1.29 is 9.59 Å². The fourth-order valence-corrected chi connectivity index (χ4v) is 4.15. The molecule has 0 spiro atoms. The number of hydrogen-bond donors (Lipinski definition) is 1. The van der Waals surface area contributed by atoms with Crippen molar-refractivity contribution >= 4 is 29.1 Å². The molecule has 0 aromatic heterocycles. The van der Waals surface area contributed by atoms with E-state index in [1.165, 1.54) is 0 Å². The lowest BCUT2D eigenvalue weighted by atomic mass is 9.95. The smallest absolute Gasteiger partial charge is 0.249 e. The highest BCUT2D eigenvalue weighted by atomic mass is 35.5. The first-order valence-corrected chi connectivity index (χ1v) is 8.93. The molecular weight excluding hydrogens is 336 g/mol. The van der Waals surface area contributed by atoms with Gasteiger partial charge in [-0.25, -0.2) is 0 Å². The molecule has 0 radical (unpaired) electrons. The lowest BCUT2D eigenvalue weighted by Gasteiger charge is -2.30. The van der Waals surface area contributed by atoms with Gasteiger partial charge in [-0.1, -0.05) is 35.9 Å². The number of anilines is 1. The Morgan fingerprint density at radius 2 is 1.92 bits per heavy atom. The summed E-state index contributed by atoms with van der Waals surface area (Å²) < 4.78 is 0. The summed E-state index contributed by atoms with van der Waals surface area (Å²) >= 11 is 6.28. The number of nitrogens with two attached hydrogens (primary N) is 1. The first-order valence-electron chi connectivity index (χ1n) is 8.55. The number of carbonyl (C=O) groups is 2. The third-order valence-electron chi connectivity index (χ3n) is 5.19. The van der Waals surface area contributed by atoms with E-state index in [2.05, 4.69) is 0 Å². The first kappa shape index (κ1) is 16.2. The molecule has 2 aromatic rings. The number of nitrogens with zero attached hydrogens (tertiary/aromatic N) is 1. The number of benzene rings is 2. The van der Waals surface area contributed by atoms with Gasteiger partial charge in [0.05, 0.1) is 0 Å². The molecule has 2 N–H and O–H groups in total. The summed E-state index contributed by atoms with van der Waals surface area (Å²) in [7, 11) is 0. The van der Waals surface area contributed by atoms with Gasteiger partial charge in [0, 0.05) is 28.7 Å². The largest absolute Gasteiger partial charge is 0.366 e. The molecule has 1 aliphatic carbocycles. The topological polar surface area (TPSA) is 63.4 Å². The number of halogens is 1. The predicted octanol–water partition coefficient (Wildman–Crippen LogP) is 3.52. The Bertz CT molecular complexity index is 865. The van der Waals surface area contributed by atoms with Crippen LogP contribution < -0.4 is 10.6 Å². The molecule has 2 aliphatic rings. The van der Waals surface area contributed by atoms with Crippen LogP contribution in [0.5, 0.6) is 0 Å². The summed E-state index contributed by atoms with van der Waals surface area (Å²) in [4.78, 5) is 26.6. The van der Waals surface area contributed by atoms with Crippen LogP contribution in [-0.4, -0.2) is 18.4 Å². The molecule has 0 bridgehead atoms. The first-order chi connectivity index (χ1) is 12.1. The molecule has 2 amide bonds. The van der Waals surface area contributed by atoms with Gasteiger partial charge in [0.2, 0.25) is 11.8 Å². The fraction of sp³-hybridized carbons (Fsp3) is 0.300. The molecule has 128 valence electrons. The lowest BCUT2D eigenvalue weighted by molar-refractivity contribution is -0.120. The van der Waals surface area contributed by atoms with E-state index < -0.39 is 5.91 Å². The van der Waals surface area contributed by atoms with Gasteiger partial charge in [-0.3, -0.25) is 9.59 Å². The second-order valence-corrected chi connectivity index (χ2v) is 7.14. The SMILES string of the molecule is NC(=O)c1cccc2c1CCCN2C(=O)C1CC1c1ccccc1Cl. The van der Waals surface area contributed by atoms with Crippen molar-refractivity contribution in [2.75, 3.05) is 11.4 Å². The van der Waals surface area contributed by atoms with Gasteiger partial charge in [0.15, 0.2) is 0 Å². The van der Waals surface area contributed by atoms with Gasteiger partial charge in [-0.2, -0.15) is 0 Å². The van der Waals surface area contributed by atoms with E-state index in [4.69, 9.17) is 17.3 Å². The summed E-state index contributed by atoms with van der Waals surface area (Å²) in [5.41, 5.74) is 8.78. The Labute approximate surface area is 151 Å². The molecule has 2 atom stereocenters. The maximum Gasteiger partial charge on any atom is 0.249 e. The average molecular weight is 355 g/mol. The highest BCUT2D eigenvalue weighted by molar-refractivity contribution is 6.31. The van der Waals surface area contributed by atoms with Crippen LogP contribution in [0, 0.1) is 5.92 Å². The molecule has 1 aliphatic heterocycles. The van der Waals surface area contributed by atoms with Crippen LogP contribution in [0.1, 0.15) is 40.2 Å². The standard InChI is InChI=1S/C20H19ClN2O2/c21-17-8-2-1-5-12(17)15-11-16(15)20(25)23-10-4-7-13-14(19(22)24)6-3-9-18(13)23/h1-3,5-6,8-9,15-16H,4,7,10-11H2,(H2,22,24). The maximum absolute atomic E-state index is 13.1. The van der Waals surface area contributed by atoms with Crippen molar-refractivity contribution in [3.05, 3.63) is 64.2 Å². The molecule has 4 nitrogen and oxygen atoms in total. The van der Waals surface area contributed by atoms with Gasteiger partial charge in [0.25, 0.3) is 0 Å². The zero-order valence-electron chi connectivity index (χ0n) is 13.7. The molecule has 2 unspecified atom stereocenters. The van der Waals surface area contributed by atoms with E-state index in [-0.39, 0.29) is 17.7 Å². The average Bonchev–Trinajstić information content (AvgIpc) is 3.41. The van der Waals surface area contributed by atoms with E-state index >= 15 is 0 Å². The second kappa shape index (κ2) is 6.19. The van der Waals surface area contributed by atoms with Crippen LogP contribution in [0.3, 0.4) is 0 Å². The minimum absolute atomic E-state index is 0.0388. The molecule has 0 saturated heterocycles. The van der Waals surface area contributed by atoms with Gasteiger partial charge < -0.3 is 10.6 Å². The number of hydrogen-bond acceptors (Lipinski definition) is 2. The fourth-order valence-electron chi connectivity index (χ4n) is 3.87. The quantitative estimate of drug-likeness (QED) is 0.916. The Morgan fingerprint density at radius 3 is 2.68 bits per heavy atom. The van der Waals surface area contributed by atoms with Crippen molar-refractivity contribution in [2.45, 2.75) is 25.2 Å². The van der Waals surface area contributed by atoms with Gasteiger partial charge in [0.1, 0.15) is 0 Å². The zero-order chi connectivity index (χ0) is 17.6. The summed E-state index contributed by atoms with van der Waals surface area (Å²) in [5.74, 6) is -0.173. The van der Waals surface area contributed by atoms with Crippen LogP contribution >= 0.6 is 11.6 Å². The zero-order valence-corrected chi connectivity index (χ0v) is 14.5. The molecule has 2 aromatic carbocycles. The van der Waals surface area contributed by atoms with Gasteiger partial charge in [-0.15, -0.1) is 0 Å². The van der Waals surface area contributed by atoms with E-state index in [0.717, 1.165) is 41.1 Å². The van der Waals surface area contributed by atoms with E-state index in [9.17, 15) is 9.59 Å².